The number of aliphatic hydroxyl groups excluding tert-OH is 2. The van der Waals surface area contributed by atoms with Crippen molar-refractivity contribution in [2.75, 3.05) is 14.2 Å². The van der Waals surface area contributed by atoms with E-state index in [-0.39, 0.29) is 34.5 Å². The molecule has 1 unspecified atom stereocenters. The Bertz CT molecular complexity index is 922. The maximum atomic E-state index is 10.8. The molecule has 26 heavy (non-hydrogen) atoms. The quantitative estimate of drug-likeness (QED) is 0.765. The molecule has 0 bridgehead atoms. The average Bonchev–Trinajstić information content (AvgIpc) is 2.64. The molecule has 2 heterocycles. The molecule has 1 aliphatic carbocycles. The fourth-order valence-corrected chi connectivity index (χ4v) is 3.11. The lowest BCUT2D eigenvalue weighted by atomic mass is 9.90. The highest BCUT2D eigenvalue weighted by Gasteiger charge is 2.36. The van der Waals surface area contributed by atoms with Crippen molar-refractivity contribution in [3.05, 3.63) is 70.6 Å². The minimum Gasteiger partial charge on any atom is -0.508 e. The van der Waals surface area contributed by atoms with Crippen LogP contribution >= 0.6 is 0 Å². The number of hydrogen-bond acceptors (Lipinski definition) is 7. The number of hydrogen-bond donors (Lipinski definition) is 3. The van der Waals surface area contributed by atoms with Crippen LogP contribution in [0.25, 0.3) is 5.76 Å². The van der Waals surface area contributed by atoms with Crippen LogP contribution in [0.15, 0.2) is 65.0 Å². The first-order valence-electron chi connectivity index (χ1n) is 7.79. The first kappa shape index (κ1) is 16.0. The third-order valence-corrected chi connectivity index (χ3v) is 4.33. The smallest absolute Gasteiger partial charge is 0.200 e. The average molecular weight is 356 g/mol. The lowest BCUT2D eigenvalue weighted by molar-refractivity contribution is 0.189. The molecule has 0 aromatic heterocycles. The van der Waals surface area contributed by atoms with Crippen molar-refractivity contribution in [3.8, 4) is 17.2 Å². The van der Waals surface area contributed by atoms with Crippen molar-refractivity contribution in [3.63, 3.8) is 0 Å². The number of phenolic OH excluding ortho intramolecular Hbond substituents is 1. The molecule has 3 N–H and O–H groups in total. The Kier molecular flexibility index (Phi) is 3.57. The second-order valence-corrected chi connectivity index (χ2v) is 5.80. The van der Waals surface area contributed by atoms with Gasteiger partial charge >= 0.3 is 0 Å². The molecule has 1 aromatic carbocycles. The maximum absolute atomic E-state index is 10.8. The zero-order valence-electron chi connectivity index (χ0n) is 14.0. The molecule has 0 saturated carbocycles. The van der Waals surface area contributed by atoms with E-state index < -0.39 is 6.10 Å². The zero-order valence-corrected chi connectivity index (χ0v) is 14.0. The summed E-state index contributed by atoms with van der Waals surface area (Å²) in [4.78, 5) is 0. The summed E-state index contributed by atoms with van der Waals surface area (Å²) in [6, 6.07) is 3.04. The number of rotatable bonds is 3. The van der Waals surface area contributed by atoms with Crippen molar-refractivity contribution >= 4 is 5.76 Å². The van der Waals surface area contributed by atoms with Gasteiger partial charge in [-0.15, -0.1) is 0 Å². The van der Waals surface area contributed by atoms with E-state index in [4.69, 9.17) is 18.9 Å². The summed E-state index contributed by atoms with van der Waals surface area (Å²) in [6.45, 7) is 0. The van der Waals surface area contributed by atoms with Crippen LogP contribution in [0.4, 0.5) is 0 Å². The highest BCUT2D eigenvalue weighted by atomic mass is 16.5. The van der Waals surface area contributed by atoms with Crippen LogP contribution in [0.2, 0.25) is 0 Å². The lowest BCUT2D eigenvalue weighted by Crippen LogP contribution is -2.25. The number of aliphatic hydroxyl groups is 2. The fourth-order valence-electron chi connectivity index (χ4n) is 3.11. The van der Waals surface area contributed by atoms with Crippen molar-refractivity contribution in [2.45, 2.75) is 6.10 Å². The van der Waals surface area contributed by atoms with E-state index in [1.165, 1.54) is 44.8 Å². The Morgan fingerprint density at radius 2 is 1.73 bits per heavy atom. The summed E-state index contributed by atoms with van der Waals surface area (Å²) >= 11 is 0. The molecule has 134 valence electrons. The highest BCUT2D eigenvalue weighted by molar-refractivity contribution is 5.76. The van der Waals surface area contributed by atoms with Gasteiger partial charge in [0.1, 0.15) is 17.6 Å². The van der Waals surface area contributed by atoms with E-state index >= 15 is 0 Å². The van der Waals surface area contributed by atoms with Gasteiger partial charge in [-0.3, -0.25) is 0 Å². The van der Waals surface area contributed by atoms with Crippen LogP contribution in [0.5, 0.6) is 17.2 Å². The molecule has 1 aromatic rings. The standard InChI is InChI=1S/C19H16O7/c1-23-14-5-9(6-15(24-2)18(14)22)19-17(21)11-3-4-25-12-7-10(20)8-13(26-19)16(11)12/h3-8,12,20-22H,1-2H3. The van der Waals surface area contributed by atoms with Crippen LogP contribution in [-0.2, 0) is 9.47 Å². The van der Waals surface area contributed by atoms with Crippen LogP contribution in [-0.4, -0.2) is 35.6 Å². The first-order valence-corrected chi connectivity index (χ1v) is 7.79. The van der Waals surface area contributed by atoms with Crippen molar-refractivity contribution in [1.29, 1.82) is 0 Å². The second kappa shape index (κ2) is 5.80. The molecule has 3 aliphatic rings. The Balaban J connectivity index is 1.90. The topological polar surface area (TPSA) is 97.6 Å². The minimum atomic E-state index is -0.539. The Morgan fingerprint density at radius 3 is 2.38 bits per heavy atom. The van der Waals surface area contributed by atoms with Crippen LogP contribution < -0.4 is 9.47 Å². The van der Waals surface area contributed by atoms with E-state index in [9.17, 15) is 15.3 Å². The maximum Gasteiger partial charge on any atom is 0.200 e. The lowest BCUT2D eigenvalue weighted by Gasteiger charge is -2.32. The van der Waals surface area contributed by atoms with Crippen molar-refractivity contribution < 1.29 is 34.3 Å². The van der Waals surface area contributed by atoms with E-state index in [1.807, 2.05) is 0 Å². The molecular formula is C19H16O7. The fraction of sp³-hybridized carbons (Fsp3) is 0.158. The van der Waals surface area contributed by atoms with Gasteiger partial charge in [-0.2, -0.15) is 0 Å². The monoisotopic (exact) mass is 356 g/mol. The molecule has 1 atom stereocenters. The van der Waals surface area contributed by atoms with Gasteiger partial charge in [0.25, 0.3) is 0 Å². The summed E-state index contributed by atoms with van der Waals surface area (Å²) in [7, 11) is 2.82. The summed E-state index contributed by atoms with van der Waals surface area (Å²) in [5, 5.41) is 30.8. The first-order chi connectivity index (χ1) is 12.5. The molecule has 0 radical (unpaired) electrons. The predicted octanol–water partition coefficient (Wildman–Crippen LogP) is 3.21. The number of benzene rings is 1. The van der Waals surface area contributed by atoms with Gasteiger partial charge < -0.3 is 34.3 Å². The van der Waals surface area contributed by atoms with Crippen LogP contribution in [0.1, 0.15) is 5.56 Å². The largest absolute Gasteiger partial charge is 0.508 e. The van der Waals surface area contributed by atoms with Gasteiger partial charge in [0, 0.05) is 23.3 Å². The SMILES string of the molecule is COc1cc(C2=C(O)C3=C4C(=CC(O)=CC4OC=C3)O2)cc(OC)c1O. The van der Waals surface area contributed by atoms with Crippen LogP contribution in [0.3, 0.4) is 0 Å². The third-order valence-electron chi connectivity index (χ3n) is 4.33. The normalized spacial score (nSPS) is 20.6. The molecule has 2 aliphatic heterocycles. The summed E-state index contributed by atoms with van der Waals surface area (Å²) in [6.07, 6.45) is 5.52. The Morgan fingerprint density at radius 1 is 1.04 bits per heavy atom. The van der Waals surface area contributed by atoms with Crippen molar-refractivity contribution in [2.24, 2.45) is 0 Å². The number of phenols is 1. The molecule has 7 nitrogen and oxygen atoms in total. The van der Waals surface area contributed by atoms with Gasteiger partial charge in [-0.05, 0) is 18.2 Å². The van der Waals surface area contributed by atoms with Gasteiger partial charge in [0.2, 0.25) is 5.75 Å². The van der Waals surface area contributed by atoms with E-state index in [2.05, 4.69) is 0 Å². The number of aromatic hydroxyl groups is 1. The van der Waals surface area contributed by atoms with E-state index in [0.29, 0.717) is 22.5 Å². The highest BCUT2D eigenvalue weighted by Crippen LogP contribution is 2.45. The zero-order chi connectivity index (χ0) is 18.4. The summed E-state index contributed by atoms with van der Waals surface area (Å²) < 4.78 is 21.6. The van der Waals surface area contributed by atoms with Gasteiger partial charge in [0.05, 0.1) is 26.1 Å². The molecule has 0 spiro atoms. The Labute approximate surface area is 149 Å². The predicted molar refractivity (Wildman–Crippen MR) is 91.7 cm³/mol. The van der Waals surface area contributed by atoms with Gasteiger partial charge in [-0.25, -0.2) is 0 Å². The van der Waals surface area contributed by atoms with E-state index in [0.717, 1.165) is 0 Å². The van der Waals surface area contributed by atoms with E-state index in [1.54, 1.807) is 6.08 Å². The van der Waals surface area contributed by atoms with Gasteiger partial charge in [-0.1, -0.05) is 0 Å². The number of ether oxygens (including phenoxy) is 4. The molecular weight excluding hydrogens is 340 g/mol. The summed E-state index contributed by atoms with van der Waals surface area (Å²) in [5.74, 6) is 0.613. The van der Waals surface area contributed by atoms with Crippen LogP contribution in [0, 0.1) is 0 Å². The van der Waals surface area contributed by atoms with Crippen molar-refractivity contribution in [1.82, 2.24) is 0 Å². The minimum absolute atomic E-state index is 0.00464. The molecule has 0 saturated heterocycles. The van der Waals surface area contributed by atoms with Gasteiger partial charge in [0.15, 0.2) is 23.0 Å². The number of methoxy groups -OCH3 is 2. The molecule has 7 heteroatoms. The number of allylic oxidation sites excluding steroid dienone is 2. The Hall–Kier alpha value is -3.48. The molecule has 0 amide bonds. The second-order valence-electron chi connectivity index (χ2n) is 5.80. The summed E-state index contributed by atoms with van der Waals surface area (Å²) in [5.41, 5.74) is 1.60. The third kappa shape index (κ3) is 2.28. The molecule has 4 rings (SSSR count). The molecule has 0 fully saturated rings.